The lowest BCUT2D eigenvalue weighted by Crippen LogP contribution is -2.58. The number of H-pyrrole nitrogens is 1. The van der Waals surface area contributed by atoms with Gasteiger partial charge in [-0.25, -0.2) is 9.97 Å². The number of hydrogen-bond donors (Lipinski definition) is 3. The monoisotopic (exact) mass is 1080 g/mol. The zero-order valence-electron chi connectivity index (χ0n) is 45.7. The number of aryl methyl sites for hydroxylation is 1. The van der Waals surface area contributed by atoms with Crippen molar-refractivity contribution >= 4 is 51.2 Å². The average Bonchev–Trinajstić information content (AvgIpc) is 3.99. The van der Waals surface area contributed by atoms with E-state index in [0.29, 0.717) is 164 Å². The minimum absolute atomic E-state index is 0.125. The second-order valence-corrected chi connectivity index (χ2v) is 18.8. The highest BCUT2D eigenvalue weighted by Crippen LogP contribution is 2.32. The number of likely N-dealkylation sites (tertiary alicyclic amines) is 1. The lowest BCUT2D eigenvalue weighted by molar-refractivity contribution is -0.140. The molecule has 4 heterocycles. The third-order valence-corrected chi connectivity index (χ3v) is 12.9. The van der Waals surface area contributed by atoms with Crippen molar-refractivity contribution in [1.29, 1.82) is 0 Å². The largest absolute Gasteiger partial charge is 0.382 e. The molecule has 2 aliphatic heterocycles. The fraction of sp³-hybridized carbons (Fsp3) is 0.755. The Morgan fingerprint density at radius 2 is 1.14 bits per heavy atom. The van der Waals surface area contributed by atoms with Crippen LogP contribution in [0.4, 0.5) is 11.5 Å². The van der Waals surface area contributed by atoms with Gasteiger partial charge in [-0.1, -0.05) is 20.3 Å². The molecule has 23 nitrogen and oxygen atoms in total. The Labute approximate surface area is 448 Å². The molecule has 2 saturated heterocycles. The predicted octanol–water partition coefficient (Wildman–Crippen LogP) is 2.39. The highest BCUT2D eigenvalue weighted by atomic mass is 16.6. The number of aromatic nitrogens is 3. The van der Waals surface area contributed by atoms with E-state index in [9.17, 15) is 14.4 Å². The Bertz CT molecular complexity index is 2080. The first kappa shape index (κ1) is 62.8. The minimum atomic E-state index is -0.250. The molecular formula is C53H89N8O15+. The number of nitrogen functional groups attached to an aromatic ring is 1. The van der Waals surface area contributed by atoms with Gasteiger partial charge < -0.3 is 72.9 Å². The number of aromatic amines is 1. The van der Waals surface area contributed by atoms with Gasteiger partial charge in [-0.15, -0.1) is 0 Å². The zero-order valence-corrected chi connectivity index (χ0v) is 45.7. The molecule has 0 bridgehead atoms. The molecule has 430 valence electrons. The van der Waals surface area contributed by atoms with E-state index in [2.05, 4.69) is 52.4 Å². The average molecular weight is 1080 g/mol. The van der Waals surface area contributed by atoms with Crippen molar-refractivity contribution in [3.8, 4) is 0 Å². The van der Waals surface area contributed by atoms with Crippen molar-refractivity contribution in [1.82, 2.24) is 34.6 Å². The smallest absolute Gasteiger partial charge is 0.232 e. The quantitative estimate of drug-likeness (QED) is 0.0418. The van der Waals surface area contributed by atoms with Crippen LogP contribution in [0.5, 0.6) is 0 Å². The number of carbonyl (C=O) groups is 3. The number of rotatable bonds is 46. The SMILES string of the molecule is CCCCc1nc2c([nH]1)c(N)nc1ccc([N+]3(C)CCN(CCOCCOCCOCCOCCOCCOCCOCCOCCOCCOCCC(=O)NCCOCCOCCN4C(=O)CC(C)C4=O)CC3)cc12. The molecule has 2 fully saturated rings. The number of nitrogens with one attached hydrogen (secondary N) is 2. The Balaban J connectivity index is 0.682. The van der Waals surface area contributed by atoms with E-state index in [0.717, 1.165) is 84.2 Å². The number of benzene rings is 1. The van der Waals surface area contributed by atoms with E-state index < -0.39 is 0 Å². The van der Waals surface area contributed by atoms with Crippen LogP contribution in [-0.2, 0) is 77.6 Å². The van der Waals surface area contributed by atoms with Crippen molar-refractivity contribution in [3.05, 3.63) is 24.0 Å². The van der Waals surface area contributed by atoms with Crippen LogP contribution in [-0.4, -0.2) is 254 Å². The number of anilines is 1. The van der Waals surface area contributed by atoms with E-state index in [-0.39, 0.29) is 49.6 Å². The molecule has 4 N–H and O–H groups in total. The fourth-order valence-electron chi connectivity index (χ4n) is 8.38. The molecule has 5 rings (SSSR count). The summed E-state index contributed by atoms with van der Waals surface area (Å²) in [7, 11) is 2.31. The summed E-state index contributed by atoms with van der Waals surface area (Å²) in [5.74, 6) is 0.804. The molecular weight excluding hydrogens is 989 g/mol. The molecule has 76 heavy (non-hydrogen) atoms. The van der Waals surface area contributed by atoms with E-state index in [1.54, 1.807) is 6.92 Å². The minimum Gasteiger partial charge on any atom is -0.382 e. The third kappa shape index (κ3) is 23.9. The Morgan fingerprint density at radius 1 is 0.671 bits per heavy atom. The molecule has 3 amide bonds. The summed E-state index contributed by atoms with van der Waals surface area (Å²) < 4.78 is 67.5. The molecule has 0 spiro atoms. The molecule has 1 atom stereocenters. The third-order valence-electron chi connectivity index (χ3n) is 12.9. The summed E-state index contributed by atoms with van der Waals surface area (Å²) in [6, 6.07) is 6.54. The number of fused-ring (bicyclic) bond motifs is 3. The van der Waals surface area contributed by atoms with Gasteiger partial charge in [-0.2, -0.15) is 0 Å². The molecule has 23 heteroatoms. The van der Waals surface area contributed by atoms with Crippen molar-refractivity contribution in [2.75, 3.05) is 217 Å². The van der Waals surface area contributed by atoms with Gasteiger partial charge in [0.15, 0.2) is 0 Å². The van der Waals surface area contributed by atoms with Gasteiger partial charge >= 0.3 is 0 Å². The van der Waals surface area contributed by atoms with E-state index in [1.807, 2.05) is 0 Å². The second kappa shape index (κ2) is 37.7. The molecule has 0 radical (unpaired) electrons. The number of amides is 3. The lowest BCUT2D eigenvalue weighted by atomic mass is 10.1. The Kier molecular flexibility index (Phi) is 31.2. The molecule has 0 saturated carbocycles. The van der Waals surface area contributed by atoms with Crippen molar-refractivity contribution in [2.45, 2.75) is 46.0 Å². The number of nitrogens with zero attached hydrogens (tertiary/aromatic N) is 5. The van der Waals surface area contributed by atoms with Gasteiger partial charge in [0.2, 0.25) is 17.7 Å². The Hall–Kier alpha value is -4.05. The molecule has 2 aliphatic rings. The number of likely N-dealkylation sites (N-methyl/N-ethyl adjacent to an activating group) is 1. The topological polar surface area (TPSA) is 248 Å². The summed E-state index contributed by atoms with van der Waals surface area (Å²) in [5, 5.41) is 3.83. The highest BCUT2D eigenvalue weighted by Gasteiger charge is 2.35. The maximum Gasteiger partial charge on any atom is 0.232 e. The number of pyridine rings is 1. The maximum atomic E-state index is 11.9. The summed E-state index contributed by atoms with van der Waals surface area (Å²) in [5.41, 5.74) is 10.2. The second-order valence-electron chi connectivity index (χ2n) is 18.8. The lowest BCUT2D eigenvalue weighted by Gasteiger charge is -2.41. The first-order valence-corrected chi connectivity index (χ1v) is 27.4. The van der Waals surface area contributed by atoms with Crippen molar-refractivity contribution in [2.24, 2.45) is 5.92 Å². The number of piperazine rings is 1. The van der Waals surface area contributed by atoms with Gasteiger partial charge in [0.25, 0.3) is 0 Å². The molecule has 1 aromatic carbocycles. The molecule has 0 aliphatic carbocycles. The number of imidazole rings is 1. The number of hydrogen-bond acceptors (Lipinski definition) is 19. The van der Waals surface area contributed by atoms with Crippen LogP contribution >= 0.6 is 0 Å². The van der Waals surface area contributed by atoms with Gasteiger partial charge in [0.05, 0.1) is 191 Å². The van der Waals surface area contributed by atoms with Gasteiger partial charge in [-0.3, -0.25) is 28.7 Å². The van der Waals surface area contributed by atoms with Crippen LogP contribution in [0.25, 0.3) is 21.9 Å². The van der Waals surface area contributed by atoms with Crippen LogP contribution in [0, 0.1) is 5.92 Å². The standard InChI is InChI=1S/C53H88N8O15/c1-4-5-6-47-57-50-45-42-44(7-8-46(45)56-52(54)51(50)58-47)61(3)15-11-59(12-16-61)13-19-67-24-26-70-28-30-72-32-34-74-36-38-76-40-39-75-37-35-73-33-31-71-29-27-69-25-21-65-17-9-48(62)55-10-18-66-22-23-68-20-14-60-49(63)41-43(2)53(60)64/h7-8,42-43H,4-6,9-41H2,1-3H3,(H3-,54,55,56,57,58,62)/p+1. The number of ether oxygens (including phenoxy) is 12. The Morgan fingerprint density at radius 3 is 1.63 bits per heavy atom. The number of quaternary nitrogens is 1. The van der Waals surface area contributed by atoms with Crippen molar-refractivity contribution < 1.29 is 71.2 Å². The van der Waals surface area contributed by atoms with Crippen molar-refractivity contribution in [3.63, 3.8) is 0 Å². The van der Waals surface area contributed by atoms with E-state index in [4.69, 9.17) is 67.6 Å². The van der Waals surface area contributed by atoms with E-state index >= 15 is 0 Å². The number of nitrogens with two attached hydrogens (primary N) is 1. The maximum absolute atomic E-state index is 11.9. The zero-order chi connectivity index (χ0) is 53.9. The first-order valence-electron chi connectivity index (χ1n) is 27.4. The first-order chi connectivity index (χ1) is 37.2. The van der Waals surface area contributed by atoms with E-state index in [1.165, 1.54) is 10.6 Å². The van der Waals surface area contributed by atoms with Crippen LogP contribution in [0.2, 0.25) is 0 Å². The molecule has 3 aromatic rings. The van der Waals surface area contributed by atoms with Crippen LogP contribution in [0.15, 0.2) is 18.2 Å². The number of imide groups is 1. The number of carbonyl (C=O) groups excluding carboxylic acids is 3. The van der Waals surface area contributed by atoms with Gasteiger partial charge in [-0.05, 0) is 12.5 Å². The highest BCUT2D eigenvalue weighted by molar-refractivity contribution is 6.07. The normalized spacial score (nSPS) is 16.0. The summed E-state index contributed by atoms with van der Waals surface area (Å²) in [6.45, 7) is 20.3. The van der Waals surface area contributed by atoms with Crippen LogP contribution < -0.4 is 15.5 Å². The summed E-state index contributed by atoms with van der Waals surface area (Å²) in [6.07, 6.45) is 3.62. The summed E-state index contributed by atoms with van der Waals surface area (Å²) in [4.78, 5) is 52.3. The van der Waals surface area contributed by atoms with Gasteiger partial charge in [0, 0.05) is 68.9 Å². The summed E-state index contributed by atoms with van der Waals surface area (Å²) >= 11 is 0. The predicted molar refractivity (Wildman–Crippen MR) is 286 cm³/mol. The van der Waals surface area contributed by atoms with Crippen LogP contribution in [0.3, 0.4) is 0 Å². The van der Waals surface area contributed by atoms with Gasteiger partial charge in [0.1, 0.15) is 28.4 Å². The molecule has 1 unspecified atom stereocenters. The number of unbranched alkanes of at least 4 members (excludes halogenated alkanes) is 1. The molecule has 2 aromatic heterocycles. The van der Waals surface area contributed by atoms with Crippen LogP contribution in [0.1, 0.15) is 45.4 Å². The fourth-order valence-corrected chi connectivity index (χ4v) is 8.38.